The quantitative estimate of drug-likeness (QED) is 0.919. The summed E-state index contributed by atoms with van der Waals surface area (Å²) in [5.41, 5.74) is 0.794. The minimum absolute atomic E-state index is 0.529. The Morgan fingerprint density at radius 2 is 2.26 bits per heavy atom. The molecule has 2 aromatic rings. The lowest BCUT2D eigenvalue weighted by Gasteiger charge is -2.13. The van der Waals surface area contributed by atoms with Gasteiger partial charge in [-0.2, -0.15) is 0 Å². The van der Waals surface area contributed by atoms with E-state index in [0.717, 1.165) is 22.3 Å². The minimum Gasteiger partial charge on any atom is -0.493 e. The molecule has 0 spiro atoms. The molecule has 0 radical (unpaired) electrons. The zero-order valence-corrected chi connectivity index (χ0v) is 12.6. The molecule has 0 saturated heterocycles. The Labute approximate surface area is 121 Å². The van der Waals surface area contributed by atoms with Crippen molar-refractivity contribution in [2.24, 2.45) is 7.05 Å². The second-order valence-corrected chi connectivity index (χ2v) is 5.33. The third-order valence-electron chi connectivity index (χ3n) is 2.93. The van der Waals surface area contributed by atoms with Crippen molar-refractivity contribution in [1.82, 2.24) is 9.55 Å². The Morgan fingerprint density at radius 3 is 2.89 bits per heavy atom. The number of benzene rings is 1. The molecule has 0 aliphatic heterocycles. The van der Waals surface area contributed by atoms with Crippen LogP contribution in [-0.4, -0.2) is 21.3 Å². The Balaban J connectivity index is 2.03. The second-order valence-electron chi connectivity index (χ2n) is 4.41. The van der Waals surface area contributed by atoms with Gasteiger partial charge >= 0.3 is 0 Å². The SMILES string of the molecule is C[C@@H](O)c1ccc(Br)cc1OCCc1nccn1C. The van der Waals surface area contributed by atoms with Crippen LogP contribution in [0.5, 0.6) is 5.75 Å². The third-order valence-corrected chi connectivity index (χ3v) is 3.42. The van der Waals surface area contributed by atoms with Gasteiger partial charge in [0.15, 0.2) is 0 Å². The summed E-state index contributed by atoms with van der Waals surface area (Å²) >= 11 is 3.41. The highest BCUT2D eigenvalue weighted by molar-refractivity contribution is 9.10. The van der Waals surface area contributed by atoms with Gasteiger partial charge in [0.1, 0.15) is 11.6 Å². The maximum Gasteiger partial charge on any atom is 0.126 e. The summed E-state index contributed by atoms with van der Waals surface area (Å²) in [7, 11) is 1.96. The lowest BCUT2D eigenvalue weighted by molar-refractivity contribution is 0.191. The highest BCUT2D eigenvalue weighted by atomic mass is 79.9. The number of hydrogen-bond acceptors (Lipinski definition) is 3. The molecule has 0 saturated carbocycles. The summed E-state index contributed by atoms with van der Waals surface area (Å²) < 4.78 is 8.67. The molecule has 1 aromatic carbocycles. The lowest BCUT2D eigenvalue weighted by Crippen LogP contribution is -2.08. The first-order valence-electron chi connectivity index (χ1n) is 6.14. The van der Waals surface area contributed by atoms with E-state index < -0.39 is 6.10 Å². The standard InChI is InChI=1S/C14H17BrN2O2/c1-10(18)12-4-3-11(15)9-13(12)19-8-5-14-16-6-7-17(14)2/h3-4,6-7,9-10,18H,5,8H2,1-2H3/t10-/m1/s1. The van der Waals surface area contributed by atoms with Crippen molar-refractivity contribution in [3.63, 3.8) is 0 Å². The number of hydrogen-bond donors (Lipinski definition) is 1. The van der Waals surface area contributed by atoms with Gasteiger partial charge in [-0.25, -0.2) is 4.98 Å². The maximum absolute atomic E-state index is 9.71. The molecule has 4 nitrogen and oxygen atoms in total. The summed E-state index contributed by atoms with van der Waals surface area (Å²) in [5.74, 6) is 1.69. The largest absolute Gasteiger partial charge is 0.493 e. The van der Waals surface area contributed by atoms with Crippen LogP contribution in [0.15, 0.2) is 35.1 Å². The molecule has 2 rings (SSSR count). The Bertz CT molecular complexity index is 552. The first-order valence-corrected chi connectivity index (χ1v) is 6.93. The molecule has 0 aliphatic rings. The first kappa shape index (κ1) is 14.1. The van der Waals surface area contributed by atoms with Crippen molar-refractivity contribution in [3.8, 4) is 5.75 Å². The van der Waals surface area contributed by atoms with Gasteiger partial charge in [-0.15, -0.1) is 0 Å². The van der Waals surface area contributed by atoms with Gasteiger partial charge in [0, 0.05) is 35.9 Å². The molecule has 1 atom stereocenters. The number of aromatic nitrogens is 2. The average Bonchev–Trinajstić information content (AvgIpc) is 2.75. The number of nitrogens with zero attached hydrogens (tertiary/aromatic N) is 2. The van der Waals surface area contributed by atoms with Crippen LogP contribution < -0.4 is 4.74 Å². The molecule has 102 valence electrons. The van der Waals surface area contributed by atoms with Gasteiger partial charge in [0.2, 0.25) is 0 Å². The maximum atomic E-state index is 9.71. The number of imidazole rings is 1. The van der Waals surface area contributed by atoms with Crippen LogP contribution in [0.1, 0.15) is 24.4 Å². The van der Waals surface area contributed by atoms with E-state index in [9.17, 15) is 5.11 Å². The summed E-state index contributed by atoms with van der Waals surface area (Å²) in [6.45, 7) is 2.26. The number of aliphatic hydroxyl groups is 1. The zero-order chi connectivity index (χ0) is 13.8. The molecule has 1 heterocycles. The third kappa shape index (κ3) is 3.58. The van der Waals surface area contributed by atoms with Crippen molar-refractivity contribution in [2.45, 2.75) is 19.4 Å². The second kappa shape index (κ2) is 6.21. The van der Waals surface area contributed by atoms with E-state index in [2.05, 4.69) is 20.9 Å². The van der Waals surface area contributed by atoms with Crippen LogP contribution in [0.4, 0.5) is 0 Å². The van der Waals surface area contributed by atoms with Crippen molar-refractivity contribution in [3.05, 3.63) is 46.5 Å². The molecule has 19 heavy (non-hydrogen) atoms. The Hall–Kier alpha value is -1.33. The van der Waals surface area contributed by atoms with Crippen LogP contribution in [0.25, 0.3) is 0 Å². The molecule has 0 amide bonds. The molecule has 1 N–H and O–H groups in total. The van der Waals surface area contributed by atoms with Crippen LogP contribution in [-0.2, 0) is 13.5 Å². The van der Waals surface area contributed by atoms with Crippen molar-refractivity contribution < 1.29 is 9.84 Å². The highest BCUT2D eigenvalue weighted by Gasteiger charge is 2.10. The number of ether oxygens (including phenoxy) is 1. The fourth-order valence-electron chi connectivity index (χ4n) is 1.87. The van der Waals surface area contributed by atoms with E-state index in [1.54, 1.807) is 13.1 Å². The van der Waals surface area contributed by atoms with Gasteiger partial charge in [-0.3, -0.25) is 0 Å². The molecule has 0 unspecified atom stereocenters. The van der Waals surface area contributed by atoms with Gasteiger partial charge in [-0.1, -0.05) is 22.0 Å². The Morgan fingerprint density at radius 1 is 1.47 bits per heavy atom. The van der Waals surface area contributed by atoms with E-state index in [0.29, 0.717) is 12.4 Å². The van der Waals surface area contributed by atoms with Crippen LogP contribution in [0.3, 0.4) is 0 Å². The first-order chi connectivity index (χ1) is 9.08. The number of rotatable bonds is 5. The molecule has 5 heteroatoms. The van der Waals surface area contributed by atoms with Crippen LogP contribution in [0.2, 0.25) is 0 Å². The normalized spacial score (nSPS) is 12.4. The minimum atomic E-state index is -0.545. The van der Waals surface area contributed by atoms with Crippen molar-refractivity contribution in [1.29, 1.82) is 0 Å². The van der Waals surface area contributed by atoms with Gasteiger partial charge in [0.25, 0.3) is 0 Å². The monoisotopic (exact) mass is 324 g/mol. The van der Waals surface area contributed by atoms with E-state index in [1.807, 2.05) is 36.0 Å². The summed E-state index contributed by atoms with van der Waals surface area (Å²) in [4.78, 5) is 4.25. The smallest absolute Gasteiger partial charge is 0.126 e. The molecule has 0 bridgehead atoms. The van der Waals surface area contributed by atoms with Gasteiger partial charge in [-0.05, 0) is 19.1 Å². The lowest BCUT2D eigenvalue weighted by atomic mass is 10.1. The highest BCUT2D eigenvalue weighted by Crippen LogP contribution is 2.28. The van der Waals surface area contributed by atoms with Crippen LogP contribution in [0, 0.1) is 0 Å². The molecule has 0 aliphatic carbocycles. The summed E-state index contributed by atoms with van der Waals surface area (Å²) in [5, 5.41) is 9.71. The topological polar surface area (TPSA) is 47.3 Å². The van der Waals surface area contributed by atoms with Crippen LogP contribution >= 0.6 is 15.9 Å². The van der Waals surface area contributed by atoms with E-state index in [1.165, 1.54) is 0 Å². The number of aryl methyl sites for hydroxylation is 1. The Kier molecular flexibility index (Phi) is 4.61. The van der Waals surface area contributed by atoms with E-state index >= 15 is 0 Å². The molecule has 1 aromatic heterocycles. The number of aliphatic hydroxyl groups excluding tert-OH is 1. The molecular formula is C14H17BrN2O2. The van der Waals surface area contributed by atoms with E-state index in [-0.39, 0.29) is 0 Å². The van der Waals surface area contributed by atoms with Gasteiger partial charge in [0.05, 0.1) is 12.7 Å². The van der Waals surface area contributed by atoms with Crippen molar-refractivity contribution >= 4 is 15.9 Å². The van der Waals surface area contributed by atoms with E-state index in [4.69, 9.17) is 4.74 Å². The molecule has 0 fully saturated rings. The average molecular weight is 325 g/mol. The predicted octanol–water partition coefficient (Wildman–Crippen LogP) is 2.86. The van der Waals surface area contributed by atoms with Gasteiger partial charge < -0.3 is 14.4 Å². The number of halogens is 1. The zero-order valence-electron chi connectivity index (χ0n) is 11.0. The molecular weight excluding hydrogens is 308 g/mol. The summed E-state index contributed by atoms with van der Waals surface area (Å²) in [6, 6.07) is 5.64. The fraction of sp³-hybridized carbons (Fsp3) is 0.357. The fourth-order valence-corrected chi connectivity index (χ4v) is 2.21. The van der Waals surface area contributed by atoms with Crippen molar-refractivity contribution in [2.75, 3.05) is 6.61 Å². The summed E-state index contributed by atoms with van der Waals surface area (Å²) in [6.07, 6.45) is 3.87. The predicted molar refractivity (Wildman–Crippen MR) is 77.2 cm³/mol.